The molecule has 0 radical (unpaired) electrons. The largest absolute Gasteiger partial charge is 0.397 e. The number of hydrogen-bond acceptors (Lipinski definition) is 7. The summed E-state index contributed by atoms with van der Waals surface area (Å²) in [5.41, 5.74) is 2.32. The lowest BCUT2D eigenvalue weighted by molar-refractivity contribution is 0.0888. The Hall–Kier alpha value is -3.51. The smallest absolute Gasteiger partial charge is 0.293 e. The predicted octanol–water partition coefficient (Wildman–Crippen LogP) is 3.23. The van der Waals surface area contributed by atoms with Gasteiger partial charge in [0.1, 0.15) is 5.92 Å². The first-order valence-corrected chi connectivity index (χ1v) is 12.8. The maximum Gasteiger partial charge on any atom is 0.397 e. The van der Waals surface area contributed by atoms with Gasteiger partial charge < -0.3 is 0 Å². The third-order valence-corrected chi connectivity index (χ3v) is 7.29. The average molecular weight is 485 g/mol. The maximum absolute atomic E-state index is 12.7. The number of ketones is 2. The highest BCUT2D eigenvalue weighted by molar-refractivity contribution is 8.62. The molecular formula is C22H15NO8S2. The normalized spacial score (nSPS) is 14.2. The van der Waals surface area contributed by atoms with Crippen LogP contribution >= 0.6 is 0 Å². The highest BCUT2D eigenvalue weighted by atomic mass is 33.2. The third-order valence-electron chi connectivity index (χ3n) is 5.16. The quantitative estimate of drug-likeness (QED) is 0.188. The van der Waals surface area contributed by atoms with Crippen LogP contribution in [-0.2, 0) is 18.3 Å². The molecule has 1 aliphatic rings. The summed E-state index contributed by atoms with van der Waals surface area (Å²) in [7, 11) is -10.6. The molecular weight excluding hydrogens is 470 g/mol. The molecule has 11 heteroatoms. The number of pyridine rings is 1. The number of Topliss-reactive ketones (excluding diaryl/α,β-unsaturated/α-hetero) is 2. The zero-order chi connectivity index (χ0) is 24.0. The van der Waals surface area contributed by atoms with E-state index in [-0.39, 0.29) is 11.6 Å². The van der Waals surface area contributed by atoms with Crippen LogP contribution in [0, 0.1) is 0 Å². The number of fused-ring (bicyclic) bond motifs is 4. The first-order valence-electron chi connectivity index (χ1n) is 9.40. The SMILES string of the molecule is O=C1c2ccccc2C(=O)C1c1ccc2c(ccc3ccccc32)n1.O=S(=O)(O)S(=O)(=O)O. The number of hydrogen-bond donors (Lipinski definition) is 2. The van der Waals surface area contributed by atoms with Crippen LogP contribution in [0.5, 0.6) is 0 Å². The highest BCUT2D eigenvalue weighted by Crippen LogP contribution is 2.34. The van der Waals surface area contributed by atoms with Crippen LogP contribution < -0.4 is 0 Å². The van der Waals surface area contributed by atoms with E-state index in [9.17, 15) is 26.4 Å². The van der Waals surface area contributed by atoms with E-state index in [0.29, 0.717) is 16.8 Å². The Kier molecular flexibility index (Phi) is 5.58. The van der Waals surface area contributed by atoms with E-state index in [1.807, 2.05) is 30.3 Å². The standard InChI is InChI=1S/C22H13NO2.H2O6S2/c24-21-16-7-3-4-8-17(16)22(25)20(21)19-12-10-15-14-6-2-1-5-13(14)9-11-18(15)23-19;1-7(2,3)8(4,5)6/h1-12,20H;(H,1,2,3)(H,4,5,6). The van der Waals surface area contributed by atoms with E-state index >= 15 is 0 Å². The molecule has 1 heterocycles. The van der Waals surface area contributed by atoms with Gasteiger partial charge in [0, 0.05) is 16.5 Å². The molecule has 0 atom stereocenters. The Morgan fingerprint density at radius 1 is 0.636 bits per heavy atom. The van der Waals surface area contributed by atoms with E-state index in [1.54, 1.807) is 30.3 Å². The van der Waals surface area contributed by atoms with Crippen LogP contribution in [0.3, 0.4) is 0 Å². The average Bonchev–Trinajstić information content (AvgIpc) is 3.03. The van der Waals surface area contributed by atoms with Crippen LogP contribution in [0.15, 0.2) is 72.8 Å². The molecule has 4 aromatic rings. The van der Waals surface area contributed by atoms with Gasteiger partial charge in [-0.05, 0) is 22.9 Å². The Bertz CT molecular complexity index is 1600. The molecule has 0 saturated heterocycles. The Morgan fingerprint density at radius 3 is 1.76 bits per heavy atom. The Balaban J connectivity index is 0.000000281. The fourth-order valence-corrected chi connectivity index (χ4v) is 3.67. The minimum atomic E-state index is -5.31. The van der Waals surface area contributed by atoms with Crippen LogP contribution in [0.2, 0.25) is 0 Å². The second-order valence-corrected chi connectivity index (χ2v) is 11.4. The molecule has 1 aliphatic carbocycles. The first-order chi connectivity index (χ1) is 15.5. The minimum absolute atomic E-state index is 0.159. The summed E-state index contributed by atoms with van der Waals surface area (Å²) in [6.45, 7) is 0. The van der Waals surface area contributed by atoms with Crippen LogP contribution in [-0.4, -0.2) is 42.5 Å². The number of rotatable bonds is 2. The van der Waals surface area contributed by atoms with Crippen molar-refractivity contribution in [3.05, 3.63) is 89.6 Å². The third kappa shape index (κ3) is 4.14. The molecule has 33 heavy (non-hydrogen) atoms. The van der Waals surface area contributed by atoms with Crippen molar-refractivity contribution in [2.45, 2.75) is 5.92 Å². The Morgan fingerprint density at radius 2 is 1.18 bits per heavy atom. The van der Waals surface area contributed by atoms with Gasteiger partial charge in [0.05, 0.1) is 11.2 Å². The molecule has 5 rings (SSSR count). The van der Waals surface area contributed by atoms with E-state index in [2.05, 4.69) is 17.1 Å². The number of nitrogens with zero attached hydrogens (tertiary/aromatic N) is 1. The second-order valence-electron chi connectivity index (χ2n) is 7.15. The zero-order valence-electron chi connectivity index (χ0n) is 16.6. The monoisotopic (exact) mass is 485 g/mol. The molecule has 0 bridgehead atoms. The first kappa shape index (κ1) is 22.7. The lowest BCUT2D eigenvalue weighted by Crippen LogP contribution is -2.14. The van der Waals surface area contributed by atoms with Crippen molar-refractivity contribution in [1.29, 1.82) is 0 Å². The van der Waals surface area contributed by atoms with Gasteiger partial charge in [0.15, 0.2) is 11.6 Å². The van der Waals surface area contributed by atoms with Gasteiger partial charge in [0.2, 0.25) is 0 Å². The van der Waals surface area contributed by atoms with E-state index in [4.69, 9.17) is 9.11 Å². The number of benzene rings is 3. The van der Waals surface area contributed by atoms with Gasteiger partial charge in [0.25, 0.3) is 0 Å². The van der Waals surface area contributed by atoms with Crippen molar-refractivity contribution < 1.29 is 35.5 Å². The zero-order valence-corrected chi connectivity index (χ0v) is 18.2. The van der Waals surface area contributed by atoms with Crippen molar-refractivity contribution in [2.75, 3.05) is 0 Å². The predicted molar refractivity (Wildman–Crippen MR) is 120 cm³/mol. The second kappa shape index (κ2) is 8.12. The number of carbonyl (C=O) groups excluding carboxylic acids is 2. The molecule has 1 aromatic heterocycles. The topological polar surface area (TPSA) is 156 Å². The van der Waals surface area contributed by atoms with Gasteiger partial charge in [-0.2, -0.15) is 16.8 Å². The van der Waals surface area contributed by atoms with Crippen molar-refractivity contribution in [1.82, 2.24) is 4.98 Å². The summed E-state index contributed by atoms with van der Waals surface area (Å²) in [6.07, 6.45) is 0. The molecule has 9 nitrogen and oxygen atoms in total. The van der Waals surface area contributed by atoms with Gasteiger partial charge in [-0.15, -0.1) is 0 Å². The minimum Gasteiger partial charge on any atom is -0.293 e. The van der Waals surface area contributed by atoms with E-state index in [0.717, 1.165) is 21.7 Å². The molecule has 168 valence electrons. The number of aromatic nitrogens is 1. The summed E-state index contributed by atoms with van der Waals surface area (Å²) in [5.74, 6) is -1.14. The van der Waals surface area contributed by atoms with Crippen molar-refractivity contribution in [2.24, 2.45) is 0 Å². The summed E-state index contributed by atoms with van der Waals surface area (Å²) < 4.78 is 52.5. The summed E-state index contributed by atoms with van der Waals surface area (Å²) in [6, 6.07) is 22.8. The lowest BCUT2D eigenvalue weighted by atomic mass is 9.97. The summed E-state index contributed by atoms with van der Waals surface area (Å²) in [5, 5.41) is 3.29. The van der Waals surface area contributed by atoms with Crippen LogP contribution in [0.25, 0.3) is 21.7 Å². The van der Waals surface area contributed by atoms with Crippen molar-refractivity contribution >= 4 is 51.5 Å². The fourth-order valence-electron chi connectivity index (χ4n) is 3.67. The summed E-state index contributed by atoms with van der Waals surface area (Å²) >= 11 is 0. The molecule has 0 amide bonds. The Labute approximate surface area is 187 Å². The summed E-state index contributed by atoms with van der Waals surface area (Å²) in [4.78, 5) is 30.0. The maximum atomic E-state index is 12.7. The van der Waals surface area contributed by atoms with Gasteiger partial charge in [-0.1, -0.05) is 60.7 Å². The van der Waals surface area contributed by atoms with Crippen molar-refractivity contribution in [3.8, 4) is 0 Å². The van der Waals surface area contributed by atoms with Gasteiger partial charge >= 0.3 is 18.3 Å². The van der Waals surface area contributed by atoms with Gasteiger partial charge in [-0.3, -0.25) is 23.7 Å². The molecule has 0 saturated carbocycles. The van der Waals surface area contributed by atoms with Crippen LogP contribution in [0.1, 0.15) is 32.3 Å². The van der Waals surface area contributed by atoms with Crippen LogP contribution in [0.4, 0.5) is 0 Å². The van der Waals surface area contributed by atoms with Crippen molar-refractivity contribution in [3.63, 3.8) is 0 Å². The molecule has 3 aromatic carbocycles. The molecule has 2 N–H and O–H groups in total. The molecule has 0 aliphatic heterocycles. The van der Waals surface area contributed by atoms with Gasteiger partial charge in [-0.25, -0.2) is 0 Å². The molecule has 0 spiro atoms. The lowest BCUT2D eigenvalue weighted by Gasteiger charge is -2.09. The highest BCUT2D eigenvalue weighted by Gasteiger charge is 2.40. The number of carbonyl (C=O) groups is 2. The van der Waals surface area contributed by atoms with E-state index in [1.165, 1.54) is 0 Å². The van der Waals surface area contributed by atoms with E-state index < -0.39 is 24.2 Å². The molecule has 0 fully saturated rings. The fraction of sp³-hybridized carbons (Fsp3) is 0.0455. The molecule has 0 unspecified atom stereocenters.